The molecule has 2 aromatic rings. The molecule has 0 N–H and O–H groups in total. The Balaban J connectivity index is 1.52. The zero-order chi connectivity index (χ0) is 19.3. The third-order valence-corrected chi connectivity index (χ3v) is 4.64. The topological polar surface area (TPSA) is 42.4 Å². The fourth-order valence-corrected chi connectivity index (χ4v) is 3.17. The first-order valence-electron chi connectivity index (χ1n) is 8.88. The number of amides is 1. The number of nitrogens with zero attached hydrogens (tertiary/aromatic N) is 2. The molecule has 3 rings (SSSR count). The lowest BCUT2D eigenvalue weighted by molar-refractivity contribution is -0.137. The third kappa shape index (κ3) is 5.45. The number of benzene rings is 1. The molecule has 0 saturated carbocycles. The summed E-state index contributed by atoms with van der Waals surface area (Å²) in [6.45, 7) is 1.80. The van der Waals surface area contributed by atoms with Crippen molar-refractivity contribution >= 4 is 5.91 Å². The van der Waals surface area contributed by atoms with Gasteiger partial charge in [0.05, 0.1) is 18.6 Å². The predicted octanol–water partition coefficient (Wildman–Crippen LogP) is 3.96. The van der Waals surface area contributed by atoms with E-state index in [1.54, 1.807) is 29.4 Å². The summed E-state index contributed by atoms with van der Waals surface area (Å²) in [6, 6.07) is 8.35. The van der Waals surface area contributed by atoms with Gasteiger partial charge in [0.1, 0.15) is 5.75 Å². The summed E-state index contributed by atoms with van der Waals surface area (Å²) in [4.78, 5) is 18.2. The summed E-state index contributed by atoms with van der Waals surface area (Å²) in [5.74, 6) is 0.921. The SMILES string of the molecule is O=C(Cc1ccc(C(F)(F)F)cc1)N1CCCC(COc2ccncc2)C1. The Kier molecular flexibility index (Phi) is 5.98. The lowest BCUT2D eigenvalue weighted by Gasteiger charge is -2.32. The quantitative estimate of drug-likeness (QED) is 0.791. The highest BCUT2D eigenvalue weighted by Crippen LogP contribution is 2.29. The molecule has 1 aliphatic heterocycles. The van der Waals surface area contributed by atoms with E-state index in [1.807, 2.05) is 0 Å². The molecule has 1 amide bonds. The second-order valence-corrected chi connectivity index (χ2v) is 6.71. The Hall–Kier alpha value is -2.57. The highest BCUT2D eigenvalue weighted by atomic mass is 19.4. The number of halogens is 3. The molecule has 0 spiro atoms. The molecule has 1 unspecified atom stereocenters. The molecule has 1 aromatic heterocycles. The van der Waals surface area contributed by atoms with Gasteiger partial charge in [0, 0.05) is 31.4 Å². The number of piperidine rings is 1. The van der Waals surface area contributed by atoms with Crippen molar-refractivity contribution in [2.24, 2.45) is 5.92 Å². The molecule has 0 radical (unpaired) electrons. The Morgan fingerprint density at radius 1 is 1.15 bits per heavy atom. The molecule has 1 aromatic carbocycles. The maximum Gasteiger partial charge on any atom is 0.416 e. The zero-order valence-corrected chi connectivity index (χ0v) is 14.8. The summed E-state index contributed by atoms with van der Waals surface area (Å²) < 4.78 is 43.6. The van der Waals surface area contributed by atoms with E-state index in [1.165, 1.54) is 12.1 Å². The van der Waals surface area contributed by atoms with Crippen LogP contribution < -0.4 is 4.74 Å². The third-order valence-electron chi connectivity index (χ3n) is 4.64. The Morgan fingerprint density at radius 3 is 2.52 bits per heavy atom. The summed E-state index contributed by atoms with van der Waals surface area (Å²) in [7, 11) is 0. The minimum atomic E-state index is -4.36. The number of ether oxygens (including phenoxy) is 1. The molecule has 144 valence electrons. The smallest absolute Gasteiger partial charge is 0.416 e. The Bertz CT molecular complexity index is 748. The Morgan fingerprint density at radius 2 is 1.85 bits per heavy atom. The maximum absolute atomic E-state index is 12.6. The van der Waals surface area contributed by atoms with Crippen molar-refractivity contribution in [1.82, 2.24) is 9.88 Å². The van der Waals surface area contributed by atoms with Gasteiger partial charge in [0.25, 0.3) is 0 Å². The first-order valence-corrected chi connectivity index (χ1v) is 8.88. The van der Waals surface area contributed by atoms with E-state index in [2.05, 4.69) is 4.98 Å². The fraction of sp³-hybridized carbons (Fsp3) is 0.400. The molecule has 27 heavy (non-hydrogen) atoms. The van der Waals surface area contributed by atoms with Crippen LogP contribution in [0.4, 0.5) is 13.2 Å². The lowest BCUT2D eigenvalue weighted by atomic mass is 9.98. The summed E-state index contributed by atoms with van der Waals surface area (Å²) in [5, 5.41) is 0. The fourth-order valence-electron chi connectivity index (χ4n) is 3.17. The van der Waals surface area contributed by atoms with Crippen LogP contribution in [0.25, 0.3) is 0 Å². The molecule has 0 aliphatic carbocycles. The number of aromatic nitrogens is 1. The van der Waals surface area contributed by atoms with Gasteiger partial charge in [-0.2, -0.15) is 13.2 Å². The second kappa shape index (κ2) is 8.41. The first-order chi connectivity index (χ1) is 12.9. The van der Waals surface area contributed by atoms with Crippen LogP contribution in [-0.4, -0.2) is 35.5 Å². The van der Waals surface area contributed by atoms with Crippen molar-refractivity contribution in [2.75, 3.05) is 19.7 Å². The lowest BCUT2D eigenvalue weighted by Crippen LogP contribution is -2.42. The minimum Gasteiger partial charge on any atom is -0.493 e. The van der Waals surface area contributed by atoms with Crippen LogP contribution in [0.2, 0.25) is 0 Å². The largest absolute Gasteiger partial charge is 0.493 e. The van der Waals surface area contributed by atoms with Crippen molar-refractivity contribution in [2.45, 2.75) is 25.4 Å². The van der Waals surface area contributed by atoms with E-state index in [0.29, 0.717) is 25.3 Å². The van der Waals surface area contributed by atoms with Gasteiger partial charge >= 0.3 is 6.18 Å². The number of hydrogen-bond donors (Lipinski definition) is 0. The Labute approximate surface area is 156 Å². The molecular formula is C20H21F3N2O2. The van der Waals surface area contributed by atoms with E-state index in [0.717, 1.165) is 30.7 Å². The van der Waals surface area contributed by atoms with Gasteiger partial charge in [-0.3, -0.25) is 9.78 Å². The van der Waals surface area contributed by atoms with Gasteiger partial charge in [0.2, 0.25) is 5.91 Å². The van der Waals surface area contributed by atoms with E-state index in [4.69, 9.17) is 4.74 Å². The van der Waals surface area contributed by atoms with Gasteiger partial charge in [0.15, 0.2) is 0 Å². The number of pyridine rings is 1. The van der Waals surface area contributed by atoms with Crippen LogP contribution in [0.3, 0.4) is 0 Å². The van der Waals surface area contributed by atoms with Crippen LogP contribution in [0.1, 0.15) is 24.0 Å². The van der Waals surface area contributed by atoms with E-state index in [-0.39, 0.29) is 18.2 Å². The van der Waals surface area contributed by atoms with Crippen molar-refractivity contribution < 1.29 is 22.7 Å². The van der Waals surface area contributed by atoms with Gasteiger partial charge in [-0.1, -0.05) is 12.1 Å². The van der Waals surface area contributed by atoms with Gasteiger partial charge in [-0.25, -0.2) is 0 Å². The molecule has 1 aliphatic rings. The molecule has 4 nitrogen and oxygen atoms in total. The van der Waals surface area contributed by atoms with E-state index >= 15 is 0 Å². The van der Waals surface area contributed by atoms with Crippen LogP contribution in [0.15, 0.2) is 48.8 Å². The van der Waals surface area contributed by atoms with Crippen molar-refractivity contribution in [1.29, 1.82) is 0 Å². The normalized spacial score (nSPS) is 17.6. The van der Waals surface area contributed by atoms with E-state index in [9.17, 15) is 18.0 Å². The number of likely N-dealkylation sites (tertiary alicyclic amines) is 1. The van der Waals surface area contributed by atoms with Crippen molar-refractivity contribution in [3.63, 3.8) is 0 Å². The monoisotopic (exact) mass is 378 g/mol. The molecular weight excluding hydrogens is 357 g/mol. The summed E-state index contributed by atoms with van der Waals surface area (Å²) >= 11 is 0. The summed E-state index contributed by atoms with van der Waals surface area (Å²) in [6.07, 6.45) is 0.942. The van der Waals surface area contributed by atoms with Crippen LogP contribution in [-0.2, 0) is 17.4 Å². The minimum absolute atomic E-state index is 0.0663. The highest BCUT2D eigenvalue weighted by molar-refractivity contribution is 5.78. The molecule has 7 heteroatoms. The van der Waals surface area contributed by atoms with Gasteiger partial charge in [-0.15, -0.1) is 0 Å². The molecule has 1 fully saturated rings. The van der Waals surface area contributed by atoms with Crippen LogP contribution >= 0.6 is 0 Å². The summed E-state index contributed by atoms with van der Waals surface area (Å²) in [5.41, 5.74) is -0.117. The average molecular weight is 378 g/mol. The van der Waals surface area contributed by atoms with Crippen LogP contribution in [0.5, 0.6) is 5.75 Å². The number of rotatable bonds is 5. The highest BCUT2D eigenvalue weighted by Gasteiger charge is 2.30. The predicted molar refractivity (Wildman–Crippen MR) is 94.2 cm³/mol. The van der Waals surface area contributed by atoms with Gasteiger partial charge < -0.3 is 9.64 Å². The van der Waals surface area contributed by atoms with Crippen molar-refractivity contribution in [3.8, 4) is 5.75 Å². The number of carbonyl (C=O) groups excluding carboxylic acids is 1. The zero-order valence-electron chi connectivity index (χ0n) is 14.8. The standard InChI is InChI=1S/C20H21F3N2O2/c21-20(22,23)17-5-3-15(4-6-17)12-19(26)25-11-1-2-16(13-25)14-27-18-7-9-24-10-8-18/h3-10,16H,1-2,11-14H2. The molecule has 2 heterocycles. The number of alkyl halides is 3. The maximum atomic E-state index is 12.6. The molecule has 1 saturated heterocycles. The molecule has 0 bridgehead atoms. The van der Waals surface area contributed by atoms with Gasteiger partial charge in [-0.05, 0) is 42.7 Å². The van der Waals surface area contributed by atoms with E-state index < -0.39 is 11.7 Å². The molecule has 1 atom stereocenters. The number of hydrogen-bond acceptors (Lipinski definition) is 3. The number of carbonyl (C=O) groups is 1. The van der Waals surface area contributed by atoms with Crippen molar-refractivity contribution in [3.05, 3.63) is 59.9 Å². The second-order valence-electron chi connectivity index (χ2n) is 6.71. The first kappa shape index (κ1) is 19.2. The van der Waals surface area contributed by atoms with Crippen LogP contribution in [0, 0.1) is 5.92 Å². The average Bonchev–Trinajstić information content (AvgIpc) is 2.67.